The van der Waals surface area contributed by atoms with Gasteiger partial charge < -0.3 is 10.6 Å². The average molecular weight is 257 g/mol. The van der Waals surface area contributed by atoms with Crippen LogP contribution in [0.1, 0.15) is 19.3 Å². The molecule has 0 aromatic carbocycles. The zero-order valence-electron chi connectivity index (χ0n) is 9.87. The van der Waals surface area contributed by atoms with Gasteiger partial charge in [-0.05, 0) is 25.8 Å². The van der Waals surface area contributed by atoms with Crippen molar-refractivity contribution in [1.82, 2.24) is 15.1 Å². The molecule has 1 fully saturated rings. The molecule has 94 valence electrons. The predicted octanol–water partition coefficient (Wildman–Crippen LogP) is 0.988. The monoisotopic (exact) mass is 256 g/mol. The zero-order valence-corrected chi connectivity index (χ0v) is 10.6. The van der Waals surface area contributed by atoms with Gasteiger partial charge in [0.15, 0.2) is 0 Å². The van der Waals surface area contributed by atoms with E-state index in [0.29, 0.717) is 11.7 Å². The Bertz CT molecular complexity index is 440. The number of anilines is 1. The molecule has 0 aliphatic carbocycles. The van der Waals surface area contributed by atoms with Crippen molar-refractivity contribution in [3.8, 4) is 0 Å². The molecule has 0 amide bonds. The third-order valence-electron chi connectivity index (χ3n) is 3.05. The Kier molecular flexibility index (Phi) is 4.02. The van der Waals surface area contributed by atoms with Gasteiger partial charge in [-0.15, -0.1) is 0 Å². The maximum Gasteiger partial charge on any atom is 0.287 e. The Morgan fingerprint density at radius 3 is 3.24 bits per heavy atom. The molecule has 1 saturated heterocycles. The van der Waals surface area contributed by atoms with E-state index in [1.165, 1.54) is 17.5 Å². The molecular formula is C11H17ClN4O. The molecule has 2 rings (SSSR count). The van der Waals surface area contributed by atoms with Crippen LogP contribution in [0.2, 0.25) is 5.02 Å². The fourth-order valence-corrected chi connectivity index (χ4v) is 2.26. The summed E-state index contributed by atoms with van der Waals surface area (Å²) < 4.78 is 1.23. The van der Waals surface area contributed by atoms with Gasteiger partial charge >= 0.3 is 0 Å². The second kappa shape index (κ2) is 5.51. The minimum Gasteiger partial charge on any atom is -0.382 e. The molecular weight excluding hydrogens is 240 g/mol. The van der Waals surface area contributed by atoms with Gasteiger partial charge in [-0.25, -0.2) is 4.68 Å². The van der Waals surface area contributed by atoms with Crippen LogP contribution in [0.15, 0.2) is 11.0 Å². The molecule has 2 heterocycles. The molecule has 1 atom stereocenters. The van der Waals surface area contributed by atoms with Crippen molar-refractivity contribution in [3.05, 3.63) is 21.6 Å². The Morgan fingerprint density at radius 2 is 2.53 bits per heavy atom. The number of aromatic nitrogens is 2. The molecule has 6 heteroatoms. The highest BCUT2D eigenvalue weighted by atomic mass is 35.5. The van der Waals surface area contributed by atoms with Gasteiger partial charge in [-0.2, -0.15) is 5.10 Å². The maximum absolute atomic E-state index is 11.5. The average Bonchev–Trinajstić information content (AvgIpc) is 2.82. The summed E-state index contributed by atoms with van der Waals surface area (Å²) in [5, 5.41) is 10.7. The molecule has 17 heavy (non-hydrogen) atoms. The fourth-order valence-electron chi connectivity index (χ4n) is 2.02. The van der Waals surface area contributed by atoms with E-state index in [4.69, 9.17) is 11.6 Å². The van der Waals surface area contributed by atoms with Gasteiger partial charge in [0.2, 0.25) is 0 Å². The molecule has 0 spiro atoms. The minimum atomic E-state index is -0.268. The van der Waals surface area contributed by atoms with E-state index < -0.39 is 0 Å². The molecule has 5 nitrogen and oxygen atoms in total. The summed E-state index contributed by atoms with van der Waals surface area (Å²) in [7, 11) is 1.58. The number of aryl methyl sites for hydroxylation is 1. The number of nitrogens with zero attached hydrogens (tertiary/aromatic N) is 2. The fraction of sp³-hybridized carbons (Fsp3) is 0.636. The second-order valence-electron chi connectivity index (χ2n) is 4.31. The standard InChI is InChI=1S/C11H17ClN4O/c1-16-11(17)10(12)9(7-15-16)14-6-4-8-3-2-5-13-8/h7-8,13-14H,2-6H2,1H3/t8-/m0/s1. The molecule has 1 aliphatic heterocycles. The number of halogens is 1. The molecule has 2 N–H and O–H groups in total. The Labute approximate surface area is 105 Å². The normalized spacial score (nSPS) is 19.5. The van der Waals surface area contributed by atoms with Gasteiger partial charge in [0.1, 0.15) is 5.02 Å². The molecule has 0 saturated carbocycles. The molecule has 0 radical (unpaired) electrons. The van der Waals surface area contributed by atoms with Crippen LogP contribution < -0.4 is 16.2 Å². The lowest BCUT2D eigenvalue weighted by atomic mass is 10.1. The van der Waals surface area contributed by atoms with Gasteiger partial charge in [0, 0.05) is 19.6 Å². The summed E-state index contributed by atoms with van der Waals surface area (Å²) in [5.74, 6) is 0. The zero-order chi connectivity index (χ0) is 12.3. The summed E-state index contributed by atoms with van der Waals surface area (Å²) >= 11 is 5.94. The Hall–Kier alpha value is -1.07. The summed E-state index contributed by atoms with van der Waals surface area (Å²) in [6.45, 7) is 1.91. The van der Waals surface area contributed by atoms with Crippen LogP contribution in [0.25, 0.3) is 0 Å². The van der Waals surface area contributed by atoms with Crippen LogP contribution in [0.5, 0.6) is 0 Å². The summed E-state index contributed by atoms with van der Waals surface area (Å²) in [4.78, 5) is 11.5. The highest BCUT2D eigenvalue weighted by molar-refractivity contribution is 6.32. The summed E-state index contributed by atoms with van der Waals surface area (Å²) in [6.07, 6.45) is 5.10. The van der Waals surface area contributed by atoms with E-state index in [2.05, 4.69) is 15.7 Å². The van der Waals surface area contributed by atoms with Crippen molar-refractivity contribution in [3.63, 3.8) is 0 Å². The van der Waals surface area contributed by atoms with Crippen LogP contribution in [0.3, 0.4) is 0 Å². The SMILES string of the molecule is Cn1ncc(NCC[C@@H]2CCCN2)c(Cl)c1=O. The molecule has 0 bridgehead atoms. The quantitative estimate of drug-likeness (QED) is 0.844. The van der Waals surface area contributed by atoms with Gasteiger partial charge in [-0.3, -0.25) is 4.79 Å². The van der Waals surface area contributed by atoms with Crippen LogP contribution in [0, 0.1) is 0 Å². The lowest BCUT2D eigenvalue weighted by molar-refractivity contribution is 0.574. The van der Waals surface area contributed by atoms with Crippen molar-refractivity contribution in [2.75, 3.05) is 18.4 Å². The van der Waals surface area contributed by atoms with Gasteiger partial charge in [-0.1, -0.05) is 11.6 Å². The van der Waals surface area contributed by atoms with E-state index >= 15 is 0 Å². The number of hydrogen-bond acceptors (Lipinski definition) is 4. The maximum atomic E-state index is 11.5. The van der Waals surface area contributed by atoms with Gasteiger partial charge in [0.25, 0.3) is 5.56 Å². The third-order valence-corrected chi connectivity index (χ3v) is 3.41. The topological polar surface area (TPSA) is 59.0 Å². The predicted molar refractivity (Wildman–Crippen MR) is 68.6 cm³/mol. The number of nitrogens with one attached hydrogen (secondary N) is 2. The first-order valence-electron chi connectivity index (χ1n) is 5.87. The van der Waals surface area contributed by atoms with E-state index in [0.717, 1.165) is 19.5 Å². The van der Waals surface area contributed by atoms with E-state index in [9.17, 15) is 4.79 Å². The van der Waals surface area contributed by atoms with Crippen LogP contribution in [0.4, 0.5) is 5.69 Å². The highest BCUT2D eigenvalue weighted by Gasteiger charge is 2.13. The third kappa shape index (κ3) is 2.98. The Balaban J connectivity index is 1.90. The van der Waals surface area contributed by atoms with E-state index in [1.807, 2.05) is 0 Å². The second-order valence-corrected chi connectivity index (χ2v) is 4.69. The van der Waals surface area contributed by atoms with E-state index in [1.54, 1.807) is 13.2 Å². The van der Waals surface area contributed by atoms with Crippen LogP contribution in [-0.4, -0.2) is 28.9 Å². The van der Waals surface area contributed by atoms with Gasteiger partial charge in [0.05, 0.1) is 11.9 Å². The summed E-state index contributed by atoms with van der Waals surface area (Å²) in [5.41, 5.74) is 0.350. The molecule has 1 aliphatic rings. The van der Waals surface area contributed by atoms with Crippen molar-refractivity contribution in [2.45, 2.75) is 25.3 Å². The lowest BCUT2D eigenvalue weighted by Crippen LogP contribution is -2.25. The smallest absolute Gasteiger partial charge is 0.287 e. The first-order chi connectivity index (χ1) is 8.18. The lowest BCUT2D eigenvalue weighted by Gasteiger charge is -2.12. The highest BCUT2D eigenvalue weighted by Crippen LogP contribution is 2.15. The van der Waals surface area contributed by atoms with Crippen LogP contribution >= 0.6 is 11.6 Å². The first kappa shape index (κ1) is 12.4. The minimum absolute atomic E-state index is 0.210. The summed E-state index contributed by atoms with van der Waals surface area (Å²) in [6, 6.07) is 0.584. The molecule has 1 aromatic heterocycles. The van der Waals surface area contributed by atoms with Crippen molar-refractivity contribution in [2.24, 2.45) is 7.05 Å². The van der Waals surface area contributed by atoms with Crippen molar-refractivity contribution >= 4 is 17.3 Å². The largest absolute Gasteiger partial charge is 0.382 e. The van der Waals surface area contributed by atoms with Crippen molar-refractivity contribution < 1.29 is 0 Å². The number of rotatable bonds is 4. The number of hydrogen-bond donors (Lipinski definition) is 2. The first-order valence-corrected chi connectivity index (χ1v) is 6.25. The molecule has 0 unspecified atom stereocenters. The van der Waals surface area contributed by atoms with Crippen LogP contribution in [-0.2, 0) is 7.05 Å². The van der Waals surface area contributed by atoms with E-state index in [-0.39, 0.29) is 10.6 Å². The van der Waals surface area contributed by atoms with Crippen molar-refractivity contribution in [1.29, 1.82) is 0 Å². The Morgan fingerprint density at radius 1 is 1.71 bits per heavy atom. The molecule has 1 aromatic rings.